The highest BCUT2D eigenvalue weighted by molar-refractivity contribution is 6.05. The number of nitrogens with zero attached hydrogens (tertiary/aromatic N) is 3. The summed E-state index contributed by atoms with van der Waals surface area (Å²) in [5.74, 6) is 0.951. The lowest BCUT2D eigenvalue weighted by atomic mass is 10.2. The van der Waals surface area contributed by atoms with Gasteiger partial charge < -0.3 is 14.8 Å². The first-order valence-corrected chi connectivity index (χ1v) is 7.19. The van der Waals surface area contributed by atoms with Crippen LogP contribution in [0.4, 0.5) is 5.69 Å². The molecule has 3 rings (SSSR count). The van der Waals surface area contributed by atoms with E-state index in [0.29, 0.717) is 22.7 Å². The van der Waals surface area contributed by atoms with Crippen molar-refractivity contribution in [2.24, 2.45) is 0 Å². The van der Waals surface area contributed by atoms with E-state index in [9.17, 15) is 4.79 Å². The zero-order valence-electron chi connectivity index (χ0n) is 13.3. The molecule has 2 aromatic carbocycles. The van der Waals surface area contributed by atoms with Gasteiger partial charge >= 0.3 is 0 Å². The van der Waals surface area contributed by atoms with Crippen LogP contribution in [0.25, 0.3) is 5.69 Å². The summed E-state index contributed by atoms with van der Waals surface area (Å²) in [6.45, 7) is 0. The number of aromatic nitrogens is 3. The first-order valence-electron chi connectivity index (χ1n) is 7.19. The van der Waals surface area contributed by atoms with Crippen molar-refractivity contribution in [3.8, 4) is 17.2 Å². The Morgan fingerprint density at radius 1 is 1.08 bits per heavy atom. The first kappa shape index (κ1) is 15.5. The maximum Gasteiger partial charge on any atom is 0.255 e. The Labute approximate surface area is 138 Å². The van der Waals surface area contributed by atoms with Crippen LogP contribution in [0.15, 0.2) is 55.1 Å². The summed E-state index contributed by atoms with van der Waals surface area (Å²) in [5.41, 5.74) is 1.92. The number of methoxy groups -OCH3 is 2. The van der Waals surface area contributed by atoms with Gasteiger partial charge in [0.2, 0.25) is 0 Å². The van der Waals surface area contributed by atoms with Crippen LogP contribution < -0.4 is 14.8 Å². The molecule has 0 aliphatic heterocycles. The van der Waals surface area contributed by atoms with Crippen LogP contribution in [0.5, 0.6) is 11.5 Å². The molecule has 0 saturated heterocycles. The number of carbonyl (C=O) groups is 1. The number of rotatable bonds is 5. The molecule has 0 unspecified atom stereocenters. The quantitative estimate of drug-likeness (QED) is 0.780. The van der Waals surface area contributed by atoms with Gasteiger partial charge in [-0.2, -0.15) is 5.10 Å². The Morgan fingerprint density at radius 2 is 1.88 bits per heavy atom. The molecule has 122 valence electrons. The molecule has 0 saturated carbocycles. The monoisotopic (exact) mass is 324 g/mol. The minimum atomic E-state index is -0.233. The second kappa shape index (κ2) is 6.82. The Kier molecular flexibility index (Phi) is 4.42. The van der Waals surface area contributed by atoms with E-state index in [-0.39, 0.29) is 5.91 Å². The fraction of sp³-hybridized carbons (Fsp3) is 0.118. The standard InChI is InChI=1S/C17H16N4O3/c1-23-14-7-8-15(16(9-14)24-2)20-17(22)12-3-5-13(6-4-12)21-11-18-10-19-21/h3-11H,1-2H3,(H,20,22). The number of anilines is 1. The van der Waals surface area contributed by atoms with Gasteiger partial charge in [0, 0.05) is 11.6 Å². The lowest BCUT2D eigenvalue weighted by molar-refractivity contribution is 0.102. The van der Waals surface area contributed by atoms with Gasteiger partial charge in [-0.05, 0) is 36.4 Å². The van der Waals surface area contributed by atoms with E-state index < -0.39 is 0 Å². The van der Waals surface area contributed by atoms with Crippen LogP contribution in [0.3, 0.4) is 0 Å². The van der Waals surface area contributed by atoms with Crippen molar-refractivity contribution in [1.29, 1.82) is 0 Å². The third-order valence-electron chi connectivity index (χ3n) is 3.47. The highest BCUT2D eigenvalue weighted by Crippen LogP contribution is 2.29. The van der Waals surface area contributed by atoms with Gasteiger partial charge in [-0.3, -0.25) is 4.79 Å². The molecular formula is C17H16N4O3. The molecule has 1 aromatic heterocycles. The van der Waals surface area contributed by atoms with Gasteiger partial charge in [0.1, 0.15) is 24.2 Å². The number of amides is 1. The summed E-state index contributed by atoms with van der Waals surface area (Å²) < 4.78 is 12.0. The number of carbonyl (C=O) groups excluding carboxylic acids is 1. The minimum Gasteiger partial charge on any atom is -0.497 e. The van der Waals surface area contributed by atoms with E-state index in [1.165, 1.54) is 13.4 Å². The maximum absolute atomic E-state index is 12.4. The van der Waals surface area contributed by atoms with Crippen LogP contribution in [0, 0.1) is 0 Å². The molecule has 1 N–H and O–H groups in total. The summed E-state index contributed by atoms with van der Waals surface area (Å²) in [4.78, 5) is 16.3. The van der Waals surface area contributed by atoms with E-state index in [2.05, 4.69) is 15.4 Å². The molecule has 0 aliphatic rings. The molecule has 3 aromatic rings. The van der Waals surface area contributed by atoms with E-state index in [1.807, 2.05) is 0 Å². The normalized spacial score (nSPS) is 10.2. The number of hydrogen-bond donors (Lipinski definition) is 1. The van der Waals surface area contributed by atoms with E-state index in [0.717, 1.165) is 5.69 Å². The molecule has 0 fully saturated rings. The van der Waals surface area contributed by atoms with E-state index in [1.54, 1.807) is 60.6 Å². The predicted octanol–water partition coefficient (Wildman–Crippen LogP) is 2.54. The number of hydrogen-bond acceptors (Lipinski definition) is 5. The van der Waals surface area contributed by atoms with Gasteiger partial charge in [-0.25, -0.2) is 9.67 Å². The van der Waals surface area contributed by atoms with Crippen molar-refractivity contribution in [3.63, 3.8) is 0 Å². The molecule has 7 nitrogen and oxygen atoms in total. The van der Waals surface area contributed by atoms with Gasteiger partial charge in [0.05, 0.1) is 25.6 Å². The zero-order valence-corrected chi connectivity index (χ0v) is 13.3. The van der Waals surface area contributed by atoms with Gasteiger partial charge in [-0.15, -0.1) is 0 Å². The minimum absolute atomic E-state index is 0.233. The fourth-order valence-electron chi connectivity index (χ4n) is 2.20. The first-order chi connectivity index (χ1) is 11.7. The van der Waals surface area contributed by atoms with Crippen molar-refractivity contribution in [2.75, 3.05) is 19.5 Å². The lowest BCUT2D eigenvalue weighted by Gasteiger charge is -2.12. The van der Waals surface area contributed by atoms with Crippen molar-refractivity contribution >= 4 is 11.6 Å². The SMILES string of the molecule is COc1ccc(NC(=O)c2ccc(-n3cncn3)cc2)c(OC)c1. The van der Waals surface area contributed by atoms with Crippen LogP contribution in [-0.2, 0) is 0 Å². The fourth-order valence-corrected chi connectivity index (χ4v) is 2.20. The average molecular weight is 324 g/mol. The highest BCUT2D eigenvalue weighted by atomic mass is 16.5. The summed E-state index contributed by atoms with van der Waals surface area (Å²) in [6.07, 6.45) is 3.05. The van der Waals surface area contributed by atoms with Crippen LogP contribution in [0.2, 0.25) is 0 Å². The third kappa shape index (κ3) is 3.19. The van der Waals surface area contributed by atoms with E-state index in [4.69, 9.17) is 9.47 Å². The number of nitrogens with one attached hydrogen (secondary N) is 1. The molecule has 24 heavy (non-hydrogen) atoms. The molecule has 1 heterocycles. The largest absolute Gasteiger partial charge is 0.497 e. The summed E-state index contributed by atoms with van der Waals surface area (Å²) in [6, 6.07) is 12.3. The molecular weight excluding hydrogens is 308 g/mol. The third-order valence-corrected chi connectivity index (χ3v) is 3.47. The number of benzene rings is 2. The van der Waals surface area contributed by atoms with Crippen LogP contribution >= 0.6 is 0 Å². The van der Waals surface area contributed by atoms with Crippen molar-refractivity contribution in [1.82, 2.24) is 14.8 Å². The van der Waals surface area contributed by atoms with Crippen LogP contribution in [-0.4, -0.2) is 34.9 Å². The van der Waals surface area contributed by atoms with E-state index >= 15 is 0 Å². The molecule has 7 heteroatoms. The van der Waals surface area contributed by atoms with Gasteiger partial charge in [-0.1, -0.05) is 0 Å². The Bertz CT molecular complexity index is 830. The predicted molar refractivity (Wildman–Crippen MR) is 88.9 cm³/mol. The molecule has 0 bridgehead atoms. The summed E-state index contributed by atoms with van der Waals surface area (Å²) in [7, 11) is 3.11. The molecule has 0 atom stereocenters. The zero-order chi connectivity index (χ0) is 16.9. The molecule has 0 spiro atoms. The number of ether oxygens (including phenoxy) is 2. The molecule has 0 aliphatic carbocycles. The van der Waals surface area contributed by atoms with Crippen molar-refractivity contribution in [2.45, 2.75) is 0 Å². The maximum atomic E-state index is 12.4. The summed E-state index contributed by atoms with van der Waals surface area (Å²) >= 11 is 0. The lowest BCUT2D eigenvalue weighted by Crippen LogP contribution is -2.12. The molecule has 1 amide bonds. The molecule has 0 radical (unpaired) electrons. The Hall–Kier alpha value is -3.35. The van der Waals surface area contributed by atoms with Crippen molar-refractivity contribution < 1.29 is 14.3 Å². The second-order valence-corrected chi connectivity index (χ2v) is 4.91. The smallest absolute Gasteiger partial charge is 0.255 e. The average Bonchev–Trinajstić information content (AvgIpc) is 3.16. The Morgan fingerprint density at radius 3 is 2.50 bits per heavy atom. The summed E-state index contributed by atoms with van der Waals surface area (Å²) in [5, 5.41) is 6.87. The van der Waals surface area contributed by atoms with Crippen molar-refractivity contribution in [3.05, 3.63) is 60.7 Å². The van der Waals surface area contributed by atoms with Gasteiger partial charge in [0.25, 0.3) is 5.91 Å². The van der Waals surface area contributed by atoms with Gasteiger partial charge in [0.15, 0.2) is 0 Å². The topological polar surface area (TPSA) is 78.3 Å². The Balaban J connectivity index is 1.77. The second-order valence-electron chi connectivity index (χ2n) is 4.91. The van der Waals surface area contributed by atoms with Crippen LogP contribution in [0.1, 0.15) is 10.4 Å². The highest BCUT2D eigenvalue weighted by Gasteiger charge is 2.11.